The number of amides is 1. The number of carbonyl (C=O) groups is 1. The molecule has 0 atom stereocenters. The minimum atomic E-state index is -0.388. The van der Waals surface area contributed by atoms with Crippen molar-refractivity contribution in [3.8, 4) is 11.1 Å². The Hall–Kier alpha value is -2.00. The molecule has 0 aromatic heterocycles. The summed E-state index contributed by atoms with van der Waals surface area (Å²) < 4.78 is 4.52. The number of alkyl carbamates (subject to hydrolysis) is 1. The largest absolute Gasteiger partial charge is 0.453 e. The molecular weight excluding hydrogens is 274 g/mol. The molecule has 0 spiro atoms. The third kappa shape index (κ3) is 4.59. The minimum absolute atomic E-state index is 0. The van der Waals surface area contributed by atoms with Crippen molar-refractivity contribution >= 4 is 18.5 Å². The van der Waals surface area contributed by atoms with Gasteiger partial charge < -0.3 is 10.1 Å². The van der Waals surface area contributed by atoms with Gasteiger partial charge in [0, 0.05) is 6.54 Å². The van der Waals surface area contributed by atoms with Crippen molar-refractivity contribution in [2.75, 3.05) is 13.7 Å². The second-order valence-corrected chi connectivity index (χ2v) is 4.23. The summed E-state index contributed by atoms with van der Waals surface area (Å²) in [5.74, 6) is 0. The third-order valence-corrected chi connectivity index (χ3v) is 2.93. The van der Waals surface area contributed by atoms with E-state index in [1.54, 1.807) is 0 Å². The van der Waals surface area contributed by atoms with Gasteiger partial charge in [-0.05, 0) is 23.1 Å². The molecule has 2 rings (SSSR count). The Morgan fingerprint density at radius 2 is 1.60 bits per heavy atom. The van der Waals surface area contributed by atoms with Crippen molar-refractivity contribution in [3.05, 3.63) is 60.2 Å². The molecule has 2 aromatic rings. The first kappa shape index (κ1) is 16.1. The minimum Gasteiger partial charge on any atom is -0.453 e. The second-order valence-electron chi connectivity index (χ2n) is 4.23. The Labute approximate surface area is 125 Å². The van der Waals surface area contributed by atoms with Gasteiger partial charge in [-0.2, -0.15) is 0 Å². The average Bonchev–Trinajstić information content (AvgIpc) is 2.48. The lowest BCUT2D eigenvalue weighted by molar-refractivity contribution is 0.171. The zero-order valence-corrected chi connectivity index (χ0v) is 12.2. The Kier molecular flexibility index (Phi) is 6.60. The topological polar surface area (TPSA) is 38.3 Å². The van der Waals surface area contributed by atoms with E-state index in [1.807, 2.05) is 18.2 Å². The van der Waals surface area contributed by atoms with Crippen LogP contribution in [0.4, 0.5) is 4.79 Å². The Morgan fingerprint density at radius 3 is 2.20 bits per heavy atom. The highest BCUT2D eigenvalue weighted by Gasteiger charge is 1.99. The summed E-state index contributed by atoms with van der Waals surface area (Å²) >= 11 is 0. The van der Waals surface area contributed by atoms with Crippen molar-refractivity contribution in [1.29, 1.82) is 0 Å². The first-order valence-electron chi connectivity index (χ1n) is 6.26. The summed E-state index contributed by atoms with van der Waals surface area (Å²) in [5.41, 5.74) is 3.60. The molecule has 0 radical (unpaired) electrons. The molecule has 0 aliphatic carbocycles. The molecule has 20 heavy (non-hydrogen) atoms. The number of nitrogens with one attached hydrogen (secondary N) is 1. The van der Waals surface area contributed by atoms with Gasteiger partial charge in [0.2, 0.25) is 0 Å². The quantitative estimate of drug-likeness (QED) is 0.933. The zero-order chi connectivity index (χ0) is 13.5. The summed E-state index contributed by atoms with van der Waals surface area (Å²) in [6.45, 7) is 0.581. The third-order valence-electron chi connectivity index (χ3n) is 2.93. The summed E-state index contributed by atoms with van der Waals surface area (Å²) in [7, 11) is 1.37. The van der Waals surface area contributed by atoms with Crippen molar-refractivity contribution in [2.45, 2.75) is 6.42 Å². The SMILES string of the molecule is COC(=O)NCCc1ccc(-c2ccccc2)cc1.Cl. The van der Waals surface area contributed by atoms with Gasteiger partial charge in [0.15, 0.2) is 0 Å². The maximum atomic E-state index is 10.9. The molecule has 0 saturated heterocycles. The van der Waals surface area contributed by atoms with Gasteiger partial charge in [0.05, 0.1) is 7.11 Å². The van der Waals surface area contributed by atoms with Crippen LogP contribution in [0.5, 0.6) is 0 Å². The van der Waals surface area contributed by atoms with Crippen LogP contribution in [0.2, 0.25) is 0 Å². The molecule has 0 heterocycles. The van der Waals surface area contributed by atoms with Crippen LogP contribution < -0.4 is 5.32 Å². The molecule has 1 amide bonds. The van der Waals surface area contributed by atoms with Gasteiger partial charge >= 0.3 is 6.09 Å². The van der Waals surface area contributed by atoms with E-state index in [9.17, 15) is 4.79 Å². The van der Waals surface area contributed by atoms with Crippen molar-refractivity contribution in [3.63, 3.8) is 0 Å². The molecular formula is C16H18ClNO2. The Bertz CT molecular complexity index is 526. The van der Waals surface area contributed by atoms with Gasteiger partial charge in [-0.25, -0.2) is 4.79 Å². The number of ether oxygens (including phenoxy) is 1. The van der Waals surface area contributed by atoms with E-state index in [0.29, 0.717) is 6.54 Å². The summed E-state index contributed by atoms with van der Waals surface area (Å²) in [6.07, 6.45) is 0.408. The molecule has 0 saturated carbocycles. The molecule has 0 aliphatic rings. The fraction of sp³-hybridized carbons (Fsp3) is 0.188. The number of methoxy groups -OCH3 is 1. The van der Waals surface area contributed by atoms with E-state index in [2.05, 4.69) is 46.5 Å². The lowest BCUT2D eigenvalue weighted by Gasteiger charge is -2.05. The standard InChI is InChI=1S/C16H17NO2.ClH/c1-19-16(18)17-12-11-13-7-9-15(10-8-13)14-5-3-2-4-6-14;/h2-10H,11-12H2,1H3,(H,17,18);1H. The second kappa shape index (κ2) is 8.23. The fourth-order valence-electron chi connectivity index (χ4n) is 1.88. The number of carbonyl (C=O) groups excluding carboxylic acids is 1. The number of hydrogen-bond donors (Lipinski definition) is 1. The molecule has 0 unspecified atom stereocenters. The molecule has 0 fully saturated rings. The summed E-state index contributed by atoms with van der Waals surface area (Å²) in [6, 6.07) is 18.6. The van der Waals surface area contributed by atoms with Crippen LogP contribution in [-0.4, -0.2) is 19.7 Å². The normalized spacial score (nSPS) is 9.45. The van der Waals surface area contributed by atoms with Gasteiger partial charge in [-0.1, -0.05) is 54.6 Å². The predicted molar refractivity (Wildman–Crippen MR) is 83.2 cm³/mol. The zero-order valence-electron chi connectivity index (χ0n) is 11.3. The van der Waals surface area contributed by atoms with E-state index in [-0.39, 0.29) is 18.5 Å². The Morgan fingerprint density at radius 1 is 1.00 bits per heavy atom. The highest BCUT2D eigenvalue weighted by Crippen LogP contribution is 2.19. The van der Waals surface area contributed by atoms with Gasteiger partial charge in [0.1, 0.15) is 0 Å². The van der Waals surface area contributed by atoms with Gasteiger partial charge in [-0.15, -0.1) is 12.4 Å². The van der Waals surface area contributed by atoms with E-state index >= 15 is 0 Å². The highest BCUT2D eigenvalue weighted by atomic mass is 35.5. The Balaban J connectivity index is 0.00000200. The fourth-order valence-corrected chi connectivity index (χ4v) is 1.88. The van der Waals surface area contributed by atoms with Crippen LogP contribution in [0.1, 0.15) is 5.56 Å². The van der Waals surface area contributed by atoms with Crippen LogP contribution in [0.3, 0.4) is 0 Å². The first-order valence-corrected chi connectivity index (χ1v) is 6.26. The summed E-state index contributed by atoms with van der Waals surface area (Å²) in [4.78, 5) is 10.9. The first-order chi connectivity index (χ1) is 9.29. The molecule has 4 heteroatoms. The molecule has 0 aliphatic heterocycles. The molecule has 106 valence electrons. The number of rotatable bonds is 4. The monoisotopic (exact) mass is 291 g/mol. The highest BCUT2D eigenvalue weighted by molar-refractivity contribution is 5.85. The number of halogens is 1. The van der Waals surface area contributed by atoms with Gasteiger partial charge in [0.25, 0.3) is 0 Å². The lowest BCUT2D eigenvalue weighted by Crippen LogP contribution is -2.25. The van der Waals surface area contributed by atoms with Crippen molar-refractivity contribution in [2.24, 2.45) is 0 Å². The van der Waals surface area contributed by atoms with E-state index < -0.39 is 0 Å². The number of hydrogen-bond acceptors (Lipinski definition) is 2. The van der Waals surface area contributed by atoms with E-state index in [0.717, 1.165) is 6.42 Å². The van der Waals surface area contributed by atoms with Gasteiger partial charge in [-0.3, -0.25) is 0 Å². The number of benzene rings is 2. The van der Waals surface area contributed by atoms with Crippen LogP contribution >= 0.6 is 12.4 Å². The molecule has 0 bridgehead atoms. The lowest BCUT2D eigenvalue weighted by atomic mass is 10.0. The van der Waals surface area contributed by atoms with Crippen LogP contribution in [0, 0.1) is 0 Å². The van der Waals surface area contributed by atoms with E-state index in [4.69, 9.17) is 0 Å². The smallest absolute Gasteiger partial charge is 0.406 e. The van der Waals surface area contributed by atoms with Crippen LogP contribution in [0.25, 0.3) is 11.1 Å². The average molecular weight is 292 g/mol. The maximum Gasteiger partial charge on any atom is 0.406 e. The molecule has 3 nitrogen and oxygen atoms in total. The van der Waals surface area contributed by atoms with Crippen molar-refractivity contribution in [1.82, 2.24) is 5.32 Å². The maximum absolute atomic E-state index is 10.9. The van der Waals surface area contributed by atoms with Crippen molar-refractivity contribution < 1.29 is 9.53 Å². The van der Waals surface area contributed by atoms with E-state index in [1.165, 1.54) is 23.8 Å². The van der Waals surface area contributed by atoms with Crippen LogP contribution in [0.15, 0.2) is 54.6 Å². The molecule has 2 aromatic carbocycles. The molecule has 1 N–H and O–H groups in total. The summed E-state index contributed by atoms with van der Waals surface area (Å²) in [5, 5.41) is 2.67. The predicted octanol–water partition coefficient (Wildman–Crippen LogP) is 3.67. The van der Waals surface area contributed by atoms with Crippen LogP contribution in [-0.2, 0) is 11.2 Å².